The van der Waals surface area contributed by atoms with Crippen LogP contribution in [0.15, 0.2) is 28.4 Å². The summed E-state index contributed by atoms with van der Waals surface area (Å²) in [5.74, 6) is -1.28. The molecule has 0 aliphatic carbocycles. The average Bonchev–Trinajstić information content (AvgIpc) is 2.78. The molecule has 0 saturated heterocycles. The van der Waals surface area contributed by atoms with Crippen LogP contribution in [0.1, 0.15) is 34.3 Å². The SMILES string of the molecule is CC1=CCN(C(=O)c2cc(C(=O)O)co2)CC1. The molecule has 0 unspecified atom stereocenters. The van der Waals surface area contributed by atoms with E-state index in [1.807, 2.05) is 13.0 Å². The van der Waals surface area contributed by atoms with Gasteiger partial charge in [-0.05, 0) is 13.3 Å². The number of nitrogens with zero attached hydrogens (tertiary/aromatic N) is 1. The molecule has 2 rings (SSSR count). The fourth-order valence-corrected chi connectivity index (χ4v) is 1.67. The maximum Gasteiger partial charge on any atom is 0.338 e. The minimum Gasteiger partial charge on any atom is -0.478 e. The lowest BCUT2D eigenvalue weighted by molar-refractivity contribution is 0.0694. The van der Waals surface area contributed by atoms with Crippen molar-refractivity contribution in [3.63, 3.8) is 0 Å². The third kappa shape index (κ3) is 2.38. The maximum atomic E-state index is 12.0. The number of carboxylic acid groups (broad SMARTS) is 1. The highest BCUT2D eigenvalue weighted by atomic mass is 16.4. The normalized spacial score (nSPS) is 15.6. The highest BCUT2D eigenvalue weighted by molar-refractivity contribution is 5.95. The maximum absolute atomic E-state index is 12.0. The van der Waals surface area contributed by atoms with Gasteiger partial charge < -0.3 is 14.4 Å². The van der Waals surface area contributed by atoms with Crippen LogP contribution in [0.4, 0.5) is 0 Å². The zero-order valence-corrected chi connectivity index (χ0v) is 9.47. The zero-order valence-electron chi connectivity index (χ0n) is 9.47. The Hall–Kier alpha value is -2.04. The van der Waals surface area contributed by atoms with Gasteiger partial charge in [-0.1, -0.05) is 11.6 Å². The zero-order chi connectivity index (χ0) is 12.4. The van der Waals surface area contributed by atoms with Crippen molar-refractivity contribution in [2.24, 2.45) is 0 Å². The number of carboxylic acids is 1. The first-order valence-corrected chi connectivity index (χ1v) is 5.34. The van der Waals surface area contributed by atoms with E-state index in [1.54, 1.807) is 4.90 Å². The summed E-state index contributed by atoms with van der Waals surface area (Å²) in [6.45, 7) is 3.22. The first-order chi connectivity index (χ1) is 8.08. The van der Waals surface area contributed by atoms with Crippen molar-refractivity contribution in [2.75, 3.05) is 13.1 Å². The molecule has 1 aliphatic heterocycles. The third-order valence-electron chi connectivity index (χ3n) is 2.78. The Kier molecular flexibility index (Phi) is 2.99. The van der Waals surface area contributed by atoms with Crippen LogP contribution in [0, 0.1) is 0 Å². The monoisotopic (exact) mass is 235 g/mol. The summed E-state index contributed by atoms with van der Waals surface area (Å²) in [5.41, 5.74) is 1.26. The molecule has 0 aromatic carbocycles. The second-order valence-electron chi connectivity index (χ2n) is 4.06. The lowest BCUT2D eigenvalue weighted by Gasteiger charge is -2.24. The molecule has 0 bridgehead atoms. The first-order valence-electron chi connectivity index (χ1n) is 5.34. The third-order valence-corrected chi connectivity index (χ3v) is 2.78. The van der Waals surface area contributed by atoms with Crippen LogP contribution < -0.4 is 0 Å². The van der Waals surface area contributed by atoms with E-state index >= 15 is 0 Å². The van der Waals surface area contributed by atoms with Crippen LogP contribution in [-0.2, 0) is 0 Å². The predicted octanol–water partition coefficient (Wildman–Crippen LogP) is 1.77. The molecule has 1 aliphatic rings. The summed E-state index contributed by atoms with van der Waals surface area (Å²) in [6, 6.07) is 1.26. The van der Waals surface area contributed by atoms with Gasteiger partial charge in [0.1, 0.15) is 6.26 Å². The van der Waals surface area contributed by atoms with Gasteiger partial charge in [0.2, 0.25) is 0 Å². The molecule has 2 heterocycles. The second kappa shape index (κ2) is 4.45. The number of aromatic carboxylic acids is 1. The lowest BCUT2D eigenvalue weighted by Crippen LogP contribution is -2.34. The number of carbonyl (C=O) groups is 2. The minimum atomic E-state index is -1.10. The van der Waals surface area contributed by atoms with Crippen LogP contribution in [0.3, 0.4) is 0 Å². The molecule has 0 saturated carbocycles. The van der Waals surface area contributed by atoms with Crippen LogP contribution in [0.2, 0.25) is 0 Å². The molecule has 5 nitrogen and oxygen atoms in total. The molecular weight excluding hydrogens is 222 g/mol. The fraction of sp³-hybridized carbons (Fsp3) is 0.333. The molecular formula is C12H13NO4. The summed E-state index contributed by atoms with van der Waals surface area (Å²) in [5, 5.41) is 8.73. The average molecular weight is 235 g/mol. The van der Waals surface area contributed by atoms with Crippen molar-refractivity contribution in [3.05, 3.63) is 35.3 Å². The highest BCUT2D eigenvalue weighted by Gasteiger charge is 2.21. The Morgan fingerprint density at radius 1 is 1.47 bits per heavy atom. The topological polar surface area (TPSA) is 70.8 Å². The fourth-order valence-electron chi connectivity index (χ4n) is 1.67. The molecule has 1 aromatic heterocycles. The van der Waals surface area contributed by atoms with E-state index in [4.69, 9.17) is 9.52 Å². The Morgan fingerprint density at radius 2 is 2.24 bits per heavy atom. The van der Waals surface area contributed by atoms with Crippen LogP contribution >= 0.6 is 0 Å². The second-order valence-corrected chi connectivity index (χ2v) is 4.06. The first kappa shape index (κ1) is 11.4. The van der Waals surface area contributed by atoms with Crippen molar-refractivity contribution in [1.29, 1.82) is 0 Å². The molecule has 0 radical (unpaired) electrons. The van der Waals surface area contributed by atoms with E-state index in [-0.39, 0.29) is 17.2 Å². The summed E-state index contributed by atoms with van der Waals surface area (Å²) in [4.78, 5) is 24.3. The summed E-state index contributed by atoms with van der Waals surface area (Å²) in [6.07, 6.45) is 3.92. The molecule has 0 atom stereocenters. The van der Waals surface area contributed by atoms with E-state index in [0.717, 1.165) is 12.7 Å². The largest absolute Gasteiger partial charge is 0.478 e. The van der Waals surface area contributed by atoms with Gasteiger partial charge in [0.25, 0.3) is 5.91 Å². The lowest BCUT2D eigenvalue weighted by atomic mass is 10.1. The predicted molar refractivity (Wildman–Crippen MR) is 59.9 cm³/mol. The Labute approximate surface area is 98.3 Å². The van der Waals surface area contributed by atoms with Crippen molar-refractivity contribution < 1.29 is 19.1 Å². The quantitative estimate of drug-likeness (QED) is 0.793. The van der Waals surface area contributed by atoms with Crippen molar-refractivity contribution in [2.45, 2.75) is 13.3 Å². The molecule has 90 valence electrons. The smallest absolute Gasteiger partial charge is 0.338 e. The van der Waals surface area contributed by atoms with E-state index in [2.05, 4.69) is 0 Å². The molecule has 1 aromatic rings. The molecule has 17 heavy (non-hydrogen) atoms. The summed E-state index contributed by atoms with van der Waals surface area (Å²) >= 11 is 0. The van der Waals surface area contributed by atoms with Crippen LogP contribution in [0.5, 0.6) is 0 Å². The number of carbonyl (C=O) groups excluding carboxylic acids is 1. The van der Waals surface area contributed by atoms with Gasteiger partial charge in [-0.3, -0.25) is 4.79 Å². The number of hydrogen-bond donors (Lipinski definition) is 1. The Morgan fingerprint density at radius 3 is 2.76 bits per heavy atom. The van der Waals surface area contributed by atoms with Gasteiger partial charge >= 0.3 is 5.97 Å². The minimum absolute atomic E-state index is 0.00270. The standard InChI is InChI=1S/C12H13NO4/c1-8-2-4-13(5-3-8)11(14)10-6-9(7-17-10)12(15)16/h2,6-7H,3-5H2,1H3,(H,15,16). The highest BCUT2D eigenvalue weighted by Crippen LogP contribution is 2.15. The van der Waals surface area contributed by atoms with Crippen LogP contribution in [0.25, 0.3) is 0 Å². The van der Waals surface area contributed by atoms with E-state index < -0.39 is 5.97 Å². The van der Waals surface area contributed by atoms with E-state index in [1.165, 1.54) is 11.6 Å². The van der Waals surface area contributed by atoms with Crippen molar-refractivity contribution in [1.82, 2.24) is 4.90 Å². The number of hydrogen-bond acceptors (Lipinski definition) is 3. The number of amides is 1. The Balaban J connectivity index is 2.12. The van der Waals surface area contributed by atoms with Crippen molar-refractivity contribution >= 4 is 11.9 Å². The Bertz CT molecular complexity index is 486. The van der Waals surface area contributed by atoms with Gasteiger partial charge in [-0.25, -0.2) is 4.79 Å². The molecule has 5 heteroatoms. The molecule has 1 amide bonds. The van der Waals surface area contributed by atoms with Crippen molar-refractivity contribution in [3.8, 4) is 0 Å². The summed E-state index contributed by atoms with van der Waals surface area (Å²) in [7, 11) is 0. The molecule has 0 spiro atoms. The van der Waals surface area contributed by atoms with E-state index in [0.29, 0.717) is 13.1 Å². The number of furan rings is 1. The van der Waals surface area contributed by atoms with Gasteiger partial charge in [0.15, 0.2) is 5.76 Å². The van der Waals surface area contributed by atoms with Gasteiger partial charge in [-0.2, -0.15) is 0 Å². The van der Waals surface area contributed by atoms with Gasteiger partial charge in [-0.15, -0.1) is 0 Å². The van der Waals surface area contributed by atoms with E-state index in [9.17, 15) is 9.59 Å². The van der Waals surface area contributed by atoms with Gasteiger partial charge in [0, 0.05) is 19.2 Å². The summed E-state index contributed by atoms with van der Waals surface area (Å²) < 4.78 is 4.98. The van der Waals surface area contributed by atoms with Gasteiger partial charge in [0.05, 0.1) is 5.56 Å². The molecule has 0 fully saturated rings. The number of rotatable bonds is 2. The van der Waals surface area contributed by atoms with Crippen LogP contribution in [-0.4, -0.2) is 35.0 Å². The molecule has 1 N–H and O–H groups in total.